The van der Waals surface area contributed by atoms with E-state index in [4.69, 9.17) is 0 Å². The Labute approximate surface area is 131 Å². The average molecular weight is 327 g/mol. The molecule has 1 amide bonds. The molecule has 0 spiro atoms. The van der Waals surface area contributed by atoms with Crippen LogP contribution in [0.3, 0.4) is 0 Å². The Kier molecular flexibility index (Phi) is 6.06. The van der Waals surface area contributed by atoms with E-state index < -0.39 is 0 Å². The molecule has 2 aromatic heterocycles. The molecule has 0 radical (unpaired) electrons. The fraction of sp³-hybridized carbons (Fsp3) is 0.429. The van der Waals surface area contributed by atoms with Crippen LogP contribution in [0, 0.1) is 6.92 Å². The van der Waals surface area contributed by atoms with E-state index in [-0.39, 0.29) is 5.91 Å². The number of thiophene rings is 1. The molecule has 0 aliphatic carbocycles. The van der Waals surface area contributed by atoms with Crippen molar-refractivity contribution in [3.63, 3.8) is 0 Å². The lowest BCUT2D eigenvalue weighted by Gasteiger charge is -2.02. The van der Waals surface area contributed by atoms with Crippen molar-refractivity contribution in [3.8, 4) is 10.6 Å². The molecule has 108 valence electrons. The first-order valence-corrected chi connectivity index (χ1v) is 9.55. The molecular formula is C14H18N2OS3. The van der Waals surface area contributed by atoms with E-state index in [1.54, 1.807) is 34.4 Å². The largest absolute Gasteiger partial charge is 0.356 e. The Morgan fingerprint density at radius 2 is 2.30 bits per heavy atom. The monoisotopic (exact) mass is 326 g/mol. The summed E-state index contributed by atoms with van der Waals surface area (Å²) in [5.41, 5.74) is 1.06. The van der Waals surface area contributed by atoms with Crippen molar-refractivity contribution in [2.45, 2.75) is 19.8 Å². The van der Waals surface area contributed by atoms with E-state index in [0.29, 0.717) is 13.0 Å². The lowest BCUT2D eigenvalue weighted by atomic mass is 10.3. The Morgan fingerprint density at radius 3 is 3.00 bits per heavy atom. The first kappa shape index (κ1) is 15.5. The second-order valence-electron chi connectivity index (χ2n) is 4.36. The van der Waals surface area contributed by atoms with E-state index in [2.05, 4.69) is 27.8 Å². The van der Waals surface area contributed by atoms with Crippen LogP contribution in [0.2, 0.25) is 0 Å². The van der Waals surface area contributed by atoms with Crippen LogP contribution < -0.4 is 5.32 Å². The molecule has 0 atom stereocenters. The predicted octanol–water partition coefficient (Wildman–Crippen LogP) is 3.59. The van der Waals surface area contributed by atoms with Gasteiger partial charge in [-0.15, -0.1) is 22.7 Å². The number of aryl methyl sites for hydroxylation is 1. The number of hydrogen-bond donors (Lipinski definition) is 1. The standard InChI is InChI=1S/C14H18N2OS3/c1-10-16-12(9-19-10)13-4-3-11(20-13)5-7-15-14(17)6-8-18-2/h3-4,9H,5-8H2,1-2H3,(H,15,17). The third kappa shape index (κ3) is 4.61. The van der Waals surface area contributed by atoms with Gasteiger partial charge in [0.15, 0.2) is 0 Å². The highest BCUT2D eigenvalue weighted by Crippen LogP contribution is 2.29. The van der Waals surface area contributed by atoms with Gasteiger partial charge in [-0.05, 0) is 31.7 Å². The first-order chi connectivity index (χ1) is 9.69. The molecule has 20 heavy (non-hydrogen) atoms. The summed E-state index contributed by atoms with van der Waals surface area (Å²) in [6.45, 7) is 2.73. The van der Waals surface area contributed by atoms with Gasteiger partial charge in [-0.2, -0.15) is 11.8 Å². The van der Waals surface area contributed by atoms with Crippen LogP contribution in [0.1, 0.15) is 16.3 Å². The van der Waals surface area contributed by atoms with Gasteiger partial charge in [0.25, 0.3) is 0 Å². The molecule has 3 nitrogen and oxygen atoms in total. The van der Waals surface area contributed by atoms with Crippen molar-refractivity contribution >= 4 is 40.3 Å². The molecular weight excluding hydrogens is 308 g/mol. The van der Waals surface area contributed by atoms with Gasteiger partial charge in [0.2, 0.25) is 5.91 Å². The summed E-state index contributed by atoms with van der Waals surface area (Å²) in [4.78, 5) is 18.5. The molecule has 1 N–H and O–H groups in total. The highest BCUT2D eigenvalue weighted by atomic mass is 32.2. The number of thioether (sulfide) groups is 1. The third-order valence-corrected chi connectivity index (χ3v) is 5.31. The minimum Gasteiger partial charge on any atom is -0.356 e. The molecule has 0 bridgehead atoms. The van der Waals surface area contributed by atoms with E-state index >= 15 is 0 Å². The zero-order valence-electron chi connectivity index (χ0n) is 11.6. The van der Waals surface area contributed by atoms with Gasteiger partial charge in [-0.1, -0.05) is 0 Å². The smallest absolute Gasteiger partial charge is 0.220 e. The van der Waals surface area contributed by atoms with Gasteiger partial charge >= 0.3 is 0 Å². The van der Waals surface area contributed by atoms with Crippen molar-refractivity contribution in [2.24, 2.45) is 0 Å². The normalized spacial score (nSPS) is 10.7. The van der Waals surface area contributed by atoms with Gasteiger partial charge in [-0.3, -0.25) is 4.79 Å². The fourth-order valence-electron chi connectivity index (χ4n) is 1.73. The number of thiazole rings is 1. The van der Waals surface area contributed by atoms with Crippen LogP contribution in [0.25, 0.3) is 10.6 Å². The molecule has 0 aromatic carbocycles. The zero-order valence-corrected chi connectivity index (χ0v) is 14.1. The maximum Gasteiger partial charge on any atom is 0.220 e. The van der Waals surface area contributed by atoms with Crippen molar-refractivity contribution in [3.05, 3.63) is 27.4 Å². The number of nitrogens with one attached hydrogen (secondary N) is 1. The number of carbonyl (C=O) groups excluding carboxylic acids is 1. The molecule has 0 aliphatic heterocycles. The van der Waals surface area contributed by atoms with Crippen molar-refractivity contribution in [2.75, 3.05) is 18.6 Å². The number of hydrogen-bond acceptors (Lipinski definition) is 5. The third-order valence-electron chi connectivity index (χ3n) is 2.76. The molecule has 0 saturated heterocycles. The van der Waals surface area contributed by atoms with E-state index in [1.165, 1.54) is 9.75 Å². The molecule has 0 unspecified atom stereocenters. The molecule has 2 heterocycles. The van der Waals surface area contributed by atoms with Crippen LogP contribution >= 0.6 is 34.4 Å². The van der Waals surface area contributed by atoms with Crippen LogP contribution in [-0.2, 0) is 11.2 Å². The molecule has 0 saturated carbocycles. The number of nitrogens with zero attached hydrogens (tertiary/aromatic N) is 1. The average Bonchev–Trinajstić information content (AvgIpc) is 3.05. The van der Waals surface area contributed by atoms with Crippen LogP contribution in [0.4, 0.5) is 0 Å². The number of carbonyl (C=O) groups is 1. The van der Waals surface area contributed by atoms with Gasteiger partial charge in [0, 0.05) is 29.0 Å². The fourth-order valence-corrected chi connectivity index (χ4v) is 3.78. The molecule has 6 heteroatoms. The highest BCUT2D eigenvalue weighted by molar-refractivity contribution is 7.98. The quantitative estimate of drug-likeness (QED) is 0.845. The summed E-state index contributed by atoms with van der Waals surface area (Å²) in [6, 6.07) is 4.24. The van der Waals surface area contributed by atoms with Crippen molar-refractivity contribution in [1.82, 2.24) is 10.3 Å². The summed E-state index contributed by atoms with van der Waals surface area (Å²) in [5, 5.41) is 6.15. The van der Waals surface area contributed by atoms with Gasteiger partial charge < -0.3 is 5.32 Å². The summed E-state index contributed by atoms with van der Waals surface area (Å²) in [6.07, 6.45) is 3.51. The Balaban J connectivity index is 1.80. The number of rotatable bonds is 7. The maximum atomic E-state index is 11.5. The number of aromatic nitrogens is 1. The SMILES string of the molecule is CSCCC(=O)NCCc1ccc(-c2csc(C)n2)s1. The van der Waals surface area contributed by atoms with Crippen LogP contribution in [0.5, 0.6) is 0 Å². The summed E-state index contributed by atoms with van der Waals surface area (Å²) < 4.78 is 0. The summed E-state index contributed by atoms with van der Waals surface area (Å²) in [5.74, 6) is 1.03. The van der Waals surface area contributed by atoms with E-state index in [9.17, 15) is 4.79 Å². The Morgan fingerprint density at radius 1 is 1.45 bits per heavy atom. The topological polar surface area (TPSA) is 42.0 Å². The second kappa shape index (κ2) is 7.81. The van der Waals surface area contributed by atoms with Gasteiger partial charge in [-0.25, -0.2) is 4.98 Å². The highest BCUT2D eigenvalue weighted by Gasteiger charge is 2.06. The molecule has 2 rings (SSSR count). The van der Waals surface area contributed by atoms with Crippen LogP contribution in [0.15, 0.2) is 17.5 Å². The second-order valence-corrected chi connectivity index (χ2v) is 7.58. The minimum absolute atomic E-state index is 0.145. The summed E-state index contributed by atoms with van der Waals surface area (Å²) >= 11 is 5.13. The lowest BCUT2D eigenvalue weighted by molar-refractivity contribution is -0.120. The lowest BCUT2D eigenvalue weighted by Crippen LogP contribution is -2.25. The van der Waals surface area contributed by atoms with Gasteiger partial charge in [0.1, 0.15) is 0 Å². The zero-order chi connectivity index (χ0) is 14.4. The molecule has 2 aromatic rings. The Bertz CT molecular complexity index is 562. The molecule has 0 fully saturated rings. The van der Waals surface area contributed by atoms with E-state index in [1.807, 2.05) is 13.2 Å². The summed E-state index contributed by atoms with van der Waals surface area (Å²) in [7, 11) is 0. The predicted molar refractivity (Wildman–Crippen MR) is 89.9 cm³/mol. The van der Waals surface area contributed by atoms with Crippen molar-refractivity contribution in [1.29, 1.82) is 0 Å². The Hall–Kier alpha value is -0.850. The van der Waals surface area contributed by atoms with E-state index in [0.717, 1.165) is 22.9 Å². The first-order valence-electron chi connectivity index (χ1n) is 6.46. The number of amides is 1. The molecule has 0 aliphatic rings. The minimum atomic E-state index is 0.145. The van der Waals surface area contributed by atoms with Gasteiger partial charge in [0.05, 0.1) is 15.6 Å². The van der Waals surface area contributed by atoms with Crippen LogP contribution in [-0.4, -0.2) is 29.4 Å². The van der Waals surface area contributed by atoms with Crippen molar-refractivity contribution < 1.29 is 4.79 Å². The maximum absolute atomic E-state index is 11.5.